The molecule has 0 radical (unpaired) electrons. The first-order chi connectivity index (χ1) is 11.0. The van der Waals surface area contributed by atoms with Crippen LogP contribution in [-0.2, 0) is 11.3 Å². The smallest absolute Gasteiger partial charge is 0.251 e. The normalized spacial score (nSPS) is 15.4. The fourth-order valence-electron chi connectivity index (χ4n) is 2.85. The highest BCUT2D eigenvalue weighted by atomic mass is 35.5. The highest BCUT2D eigenvalue weighted by Gasteiger charge is 2.36. The molecule has 0 atom stereocenters. The molecule has 0 spiro atoms. The van der Waals surface area contributed by atoms with Crippen molar-refractivity contribution in [2.24, 2.45) is 5.73 Å². The molecule has 0 bridgehead atoms. The van der Waals surface area contributed by atoms with E-state index in [4.69, 9.17) is 5.73 Å². The lowest BCUT2D eigenvalue weighted by molar-refractivity contribution is -0.126. The first-order valence-electron chi connectivity index (χ1n) is 8.49. The number of unbranched alkanes of at least 4 members (excludes halogenated alkanes) is 1. The minimum Gasteiger partial charge on any atom is -0.352 e. The van der Waals surface area contributed by atoms with Crippen LogP contribution in [0.5, 0.6) is 0 Å². The van der Waals surface area contributed by atoms with E-state index in [1.807, 2.05) is 12.1 Å². The standard InChI is InChI=1S/C18H27N3O2.ClH/c1-2-3-12-20-16(22)15-8-6-14(7-9-15)13-21-17(23)18(19)10-4-5-11-18;/h6-9H,2-5,10-13,19H2,1H3,(H,20,22)(H,21,23);1H. The average Bonchev–Trinajstić information content (AvgIpc) is 3.01. The van der Waals surface area contributed by atoms with Gasteiger partial charge in [0.1, 0.15) is 0 Å². The van der Waals surface area contributed by atoms with Gasteiger partial charge in [-0.05, 0) is 37.0 Å². The molecular formula is C18H28ClN3O2. The van der Waals surface area contributed by atoms with Gasteiger partial charge < -0.3 is 16.4 Å². The second-order valence-corrected chi connectivity index (χ2v) is 6.35. The van der Waals surface area contributed by atoms with E-state index in [0.29, 0.717) is 18.7 Å². The zero-order chi connectivity index (χ0) is 16.7. The largest absolute Gasteiger partial charge is 0.352 e. The molecule has 24 heavy (non-hydrogen) atoms. The number of rotatable bonds is 7. The van der Waals surface area contributed by atoms with Crippen molar-refractivity contribution < 1.29 is 9.59 Å². The van der Waals surface area contributed by atoms with Crippen molar-refractivity contribution in [3.63, 3.8) is 0 Å². The summed E-state index contributed by atoms with van der Waals surface area (Å²) in [5.41, 5.74) is 7.03. The van der Waals surface area contributed by atoms with E-state index in [-0.39, 0.29) is 24.2 Å². The third-order valence-corrected chi connectivity index (χ3v) is 4.43. The molecule has 1 aromatic rings. The summed E-state index contributed by atoms with van der Waals surface area (Å²) >= 11 is 0. The maximum Gasteiger partial charge on any atom is 0.251 e. The Morgan fingerprint density at radius 1 is 1.12 bits per heavy atom. The summed E-state index contributed by atoms with van der Waals surface area (Å²) in [6.45, 7) is 3.23. The Balaban J connectivity index is 0.00000288. The molecule has 6 heteroatoms. The van der Waals surface area contributed by atoms with Gasteiger partial charge in [0, 0.05) is 18.7 Å². The molecule has 1 fully saturated rings. The van der Waals surface area contributed by atoms with Crippen LogP contribution in [-0.4, -0.2) is 23.9 Å². The highest BCUT2D eigenvalue weighted by molar-refractivity contribution is 5.94. The number of benzene rings is 1. The zero-order valence-electron chi connectivity index (χ0n) is 14.3. The van der Waals surface area contributed by atoms with E-state index in [1.54, 1.807) is 12.1 Å². The van der Waals surface area contributed by atoms with Crippen molar-refractivity contribution in [2.75, 3.05) is 6.54 Å². The molecule has 1 aliphatic rings. The van der Waals surface area contributed by atoms with Crippen LogP contribution in [0.2, 0.25) is 0 Å². The first-order valence-corrected chi connectivity index (χ1v) is 8.49. The predicted octanol–water partition coefficient (Wildman–Crippen LogP) is 2.53. The number of hydrogen-bond donors (Lipinski definition) is 3. The lowest BCUT2D eigenvalue weighted by Crippen LogP contribution is -2.51. The summed E-state index contributed by atoms with van der Waals surface area (Å²) in [5, 5.41) is 5.79. The Kier molecular flexibility index (Phi) is 8.22. The maximum atomic E-state index is 12.2. The van der Waals surface area contributed by atoms with E-state index >= 15 is 0 Å². The average molecular weight is 354 g/mol. The van der Waals surface area contributed by atoms with Crippen LogP contribution in [0.1, 0.15) is 61.4 Å². The molecule has 4 N–H and O–H groups in total. The van der Waals surface area contributed by atoms with E-state index in [2.05, 4.69) is 17.6 Å². The minimum atomic E-state index is -0.695. The molecule has 134 valence electrons. The SMILES string of the molecule is CCCCNC(=O)c1ccc(CNC(=O)C2(N)CCCC2)cc1.Cl. The highest BCUT2D eigenvalue weighted by Crippen LogP contribution is 2.27. The molecule has 5 nitrogen and oxygen atoms in total. The second-order valence-electron chi connectivity index (χ2n) is 6.35. The number of nitrogens with two attached hydrogens (primary N) is 1. The molecule has 2 rings (SSSR count). The summed E-state index contributed by atoms with van der Waals surface area (Å²) in [6.07, 6.45) is 5.60. The van der Waals surface area contributed by atoms with Crippen LogP contribution < -0.4 is 16.4 Å². The van der Waals surface area contributed by atoms with E-state index < -0.39 is 5.54 Å². The van der Waals surface area contributed by atoms with Crippen molar-refractivity contribution in [1.82, 2.24) is 10.6 Å². The van der Waals surface area contributed by atoms with Crippen molar-refractivity contribution in [2.45, 2.75) is 57.5 Å². The minimum absolute atomic E-state index is 0. The summed E-state index contributed by atoms with van der Waals surface area (Å²) in [5.74, 6) is -0.128. The van der Waals surface area contributed by atoms with Gasteiger partial charge in [-0.1, -0.05) is 38.3 Å². The summed E-state index contributed by atoms with van der Waals surface area (Å²) < 4.78 is 0. The lowest BCUT2D eigenvalue weighted by Gasteiger charge is -2.22. The second kappa shape index (κ2) is 9.64. The van der Waals surface area contributed by atoms with Crippen LogP contribution >= 0.6 is 12.4 Å². The Labute approximate surface area is 150 Å². The summed E-state index contributed by atoms with van der Waals surface area (Å²) in [7, 11) is 0. The van der Waals surface area contributed by atoms with Gasteiger partial charge >= 0.3 is 0 Å². The van der Waals surface area contributed by atoms with Crippen LogP contribution in [0.15, 0.2) is 24.3 Å². The molecule has 2 amide bonds. The fourth-order valence-corrected chi connectivity index (χ4v) is 2.85. The Morgan fingerprint density at radius 3 is 2.33 bits per heavy atom. The monoisotopic (exact) mass is 353 g/mol. The van der Waals surface area contributed by atoms with Gasteiger partial charge in [-0.25, -0.2) is 0 Å². The molecule has 0 aromatic heterocycles. The molecule has 0 unspecified atom stereocenters. The third kappa shape index (κ3) is 5.49. The number of amides is 2. The first kappa shape index (κ1) is 20.5. The number of hydrogen-bond acceptors (Lipinski definition) is 3. The molecule has 1 aliphatic carbocycles. The van der Waals surface area contributed by atoms with Crippen LogP contribution in [0.3, 0.4) is 0 Å². The van der Waals surface area contributed by atoms with Crippen molar-refractivity contribution in [3.8, 4) is 0 Å². The van der Waals surface area contributed by atoms with Gasteiger partial charge in [0.05, 0.1) is 5.54 Å². The van der Waals surface area contributed by atoms with Crippen LogP contribution in [0.25, 0.3) is 0 Å². The van der Waals surface area contributed by atoms with E-state index in [0.717, 1.165) is 44.1 Å². The Morgan fingerprint density at radius 2 is 1.75 bits per heavy atom. The fraction of sp³-hybridized carbons (Fsp3) is 0.556. The molecule has 0 saturated heterocycles. The van der Waals surface area contributed by atoms with Gasteiger partial charge in [-0.2, -0.15) is 0 Å². The molecule has 1 aromatic carbocycles. The van der Waals surface area contributed by atoms with Gasteiger partial charge in [-0.15, -0.1) is 12.4 Å². The van der Waals surface area contributed by atoms with Crippen molar-refractivity contribution in [3.05, 3.63) is 35.4 Å². The summed E-state index contributed by atoms with van der Waals surface area (Å²) in [6, 6.07) is 7.31. The third-order valence-electron chi connectivity index (χ3n) is 4.43. The van der Waals surface area contributed by atoms with Crippen LogP contribution in [0.4, 0.5) is 0 Å². The molecule has 0 heterocycles. The Bertz CT molecular complexity index is 540. The molecular weight excluding hydrogens is 326 g/mol. The van der Waals surface area contributed by atoms with E-state index in [9.17, 15) is 9.59 Å². The number of nitrogens with one attached hydrogen (secondary N) is 2. The predicted molar refractivity (Wildman–Crippen MR) is 98.2 cm³/mol. The topological polar surface area (TPSA) is 84.2 Å². The number of carbonyl (C=O) groups excluding carboxylic acids is 2. The zero-order valence-corrected chi connectivity index (χ0v) is 15.1. The quantitative estimate of drug-likeness (QED) is 0.658. The van der Waals surface area contributed by atoms with Gasteiger partial charge in [0.15, 0.2) is 0 Å². The van der Waals surface area contributed by atoms with Crippen LogP contribution in [0, 0.1) is 0 Å². The van der Waals surface area contributed by atoms with E-state index in [1.165, 1.54) is 0 Å². The number of carbonyl (C=O) groups is 2. The van der Waals surface area contributed by atoms with Gasteiger partial charge in [0.2, 0.25) is 5.91 Å². The van der Waals surface area contributed by atoms with Gasteiger partial charge in [-0.3, -0.25) is 9.59 Å². The Hall–Kier alpha value is -1.59. The molecule has 1 saturated carbocycles. The summed E-state index contributed by atoms with van der Waals surface area (Å²) in [4.78, 5) is 24.1. The lowest BCUT2D eigenvalue weighted by atomic mass is 9.98. The van der Waals surface area contributed by atoms with Gasteiger partial charge in [0.25, 0.3) is 5.91 Å². The van der Waals surface area contributed by atoms with Crippen molar-refractivity contribution in [1.29, 1.82) is 0 Å². The molecule has 0 aliphatic heterocycles. The maximum absolute atomic E-state index is 12.2. The number of halogens is 1. The van der Waals surface area contributed by atoms with Crippen molar-refractivity contribution >= 4 is 24.2 Å².